The number of carbonyl (C=O) groups excluding carboxylic acids is 2. The van der Waals surface area contributed by atoms with E-state index in [0.717, 1.165) is 23.8 Å². The Morgan fingerprint density at radius 3 is 2.33 bits per heavy atom. The second kappa shape index (κ2) is 13.3. The predicted octanol–water partition coefficient (Wildman–Crippen LogP) is 3.88. The second-order valence-corrected chi connectivity index (χ2v) is 11.0. The summed E-state index contributed by atoms with van der Waals surface area (Å²) in [7, 11) is -1.95. The zero-order valence-electron chi connectivity index (χ0n) is 22.2. The van der Waals surface area contributed by atoms with Crippen molar-refractivity contribution in [3.05, 3.63) is 59.7 Å². The third kappa shape index (κ3) is 8.55. The van der Waals surface area contributed by atoms with Crippen LogP contribution in [0.2, 0.25) is 0 Å². The molecule has 0 aromatic heterocycles. The van der Waals surface area contributed by atoms with Gasteiger partial charge in [-0.2, -0.15) is 0 Å². The van der Waals surface area contributed by atoms with E-state index in [9.17, 15) is 18.0 Å². The van der Waals surface area contributed by atoms with E-state index < -0.39 is 16.1 Å². The standard InChI is InChI=1S/C27H39N3O5S/c1-7-21(3)28-27(32)22(4)29(19-23-10-8-11-25(18-23)35-5)26(31)12-9-17-30(36(6,33)34)24-15-13-20(2)14-16-24/h8,10-11,13-16,18,21-22H,7,9,12,17,19H2,1-6H3,(H,28,32)/t21-,22+/m0/s1. The first-order valence-electron chi connectivity index (χ1n) is 12.2. The molecule has 2 rings (SSSR count). The van der Waals surface area contributed by atoms with E-state index in [0.29, 0.717) is 17.9 Å². The summed E-state index contributed by atoms with van der Waals surface area (Å²) in [6.45, 7) is 7.95. The van der Waals surface area contributed by atoms with Gasteiger partial charge in [0.1, 0.15) is 11.8 Å². The van der Waals surface area contributed by atoms with Crippen LogP contribution >= 0.6 is 0 Å². The van der Waals surface area contributed by atoms with Crippen molar-refractivity contribution in [2.45, 2.75) is 65.6 Å². The van der Waals surface area contributed by atoms with Crippen LogP contribution in [0.5, 0.6) is 5.75 Å². The van der Waals surface area contributed by atoms with E-state index >= 15 is 0 Å². The van der Waals surface area contributed by atoms with Crippen molar-refractivity contribution in [3.8, 4) is 5.75 Å². The van der Waals surface area contributed by atoms with Gasteiger partial charge < -0.3 is 15.0 Å². The Morgan fingerprint density at radius 2 is 1.75 bits per heavy atom. The Bertz CT molecular complexity index is 1120. The Morgan fingerprint density at radius 1 is 1.08 bits per heavy atom. The third-order valence-electron chi connectivity index (χ3n) is 6.13. The van der Waals surface area contributed by atoms with Crippen LogP contribution in [0.3, 0.4) is 0 Å². The first kappa shape index (κ1) is 29.2. The molecule has 0 aliphatic rings. The average molecular weight is 518 g/mol. The lowest BCUT2D eigenvalue weighted by Crippen LogP contribution is -2.49. The number of anilines is 1. The number of carbonyl (C=O) groups is 2. The van der Waals surface area contributed by atoms with Crippen LogP contribution in [0.1, 0.15) is 51.2 Å². The zero-order valence-corrected chi connectivity index (χ0v) is 23.0. The summed E-state index contributed by atoms with van der Waals surface area (Å²) >= 11 is 0. The summed E-state index contributed by atoms with van der Waals surface area (Å²) in [4.78, 5) is 27.8. The molecule has 0 saturated carbocycles. The number of hydrogen-bond donors (Lipinski definition) is 1. The van der Waals surface area contributed by atoms with Gasteiger partial charge in [0.05, 0.1) is 19.1 Å². The SMILES string of the molecule is CC[C@H](C)NC(=O)[C@@H](C)N(Cc1cccc(OC)c1)C(=O)CCCN(c1ccc(C)cc1)S(C)(=O)=O. The molecule has 0 bridgehead atoms. The number of methoxy groups -OCH3 is 1. The minimum atomic E-state index is -3.52. The van der Waals surface area contributed by atoms with E-state index in [4.69, 9.17) is 4.74 Å². The van der Waals surface area contributed by atoms with Crippen molar-refractivity contribution in [1.82, 2.24) is 10.2 Å². The molecule has 198 valence electrons. The maximum Gasteiger partial charge on any atom is 0.242 e. The first-order chi connectivity index (χ1) is 17.0. The molecule has 36 heavy (non-hydrogen) atoms. The van der Waals surface area contributed by atoms with Crippen molar-refractivity contribution in [2.24, 2.45) is 0 Å². The maximum atomic E-state index is 13.4. The van der Waals surface area contributed by atoms with Crippen molar-refractivity contribution in [2.75, 3.05) is 24.2 Å². The summed E-state index contributed by atoms with van der Waals surface area (Å²) in [6, 6.07) is 13.9. The molecule has 0 heterocycles. The molecule has 8 nitrogen and oxygen atoms in total. The number of hydrogen-bond acceptors (Lipinski definition) is 5. The molecule has 2 amide bonds. The summed E-state index contributed by atoms with van der Waals surface area (Å²) in [5.74, 6) is 0.221. The van der Waals surface area contributed by atoms with Crippen LogP contribution in [0, 0.1) is 6.92 Å². The first-order valence-corrected chi connectivity index (χ1v) is 14.1. The summed E-state index contributed by atoms with van der Waals surface area (Å²) in [5.41, 5.74) is 2.42. The summed E-state index contributed by atoms with van der Waals surface area (Å²) in [5, 5.41) is 2.95. The van der Waals surface area contributed by atoms with Crippen LogP contribution in [0.4, 0.5) is 5.69 Å². The quantitative estimate of drug-likeness (QED) is 0.435. The number of nitrogens with zero attached hydrogens (tertiary/aromatic N) is 2. The number of ether oxygens (including phenoxy) is 1. The number of rotatable bonds is 13. The lowest BCUT2D eigenvalue weighted by atomic mass is 10.1. The van der Waals surface area contributed by atoms with Crippen LogP contribution in [0.15, 0.2) is 48.5 Å². The monoisotopic (exact) mass is 517 g/mol. The van der Waals surface area contributed by atoms with Crippen LogP contribution in [-0.2, 0) is 26.2 Å². The molecule has 1 N–H and O–H groups in total. The molecule has 0 saturated heterocycles. The van der Waals surface area contributed by atoms with E-state index in [2.05, 4.69) is 5.32 Å². The van der Waals surface area contributed by atoms with Gasteiger partial charge in [-0.25, -0.2) is 8.42 Å². The fraction of sp³-hybridized carbons (Fsp3) is 0.481. The molecule has 0 fully saturated rings. The van der Waals surface area contributed by atoms with Crippen molar-refractivity contribution >= 4 is 27.5 Å². The normalized spacial score (nSPS) is 12.9. The smallest absolute Gasteiger partial charge is 0.242 e. The summed E-state index contributed by atoms with van der Waals surface area (Å²) in [6.07, 6.45) is 2.35. The fourth-order valence-corrected chi connectivity index (χ4v) is 4.70. The molecule has 0 aliphatic carbocycles. The molecular weight excluding hydrogens is 478 g/mol. The molecule has 9 heteroatoms. The van der Waals surface area contributed by atoms with Crippen molar-refractivity contribution in [3.63, 3.8) is 0 Å². The van der Waals surface area contributed by atoms with Crippen LogP contribution in [0.25, 0.3) is 0 Å². The zero-order chi connectivity index (χ0) is 26.9. The Kier molecular flexibility index (Phi) is 10.8. The van der Waals surface area contributed by atoms with Crippen LogP contribution < -0.4 is 14.4 Å². The van der Waals surface area contributed by atoms with Gasteiger partial charge in [0.15, 0.2) is 0 Å². The highest BCUT2D eigenvalue weighted by atomic mass is 32.2. The number of sulfonamides is 1. The molecule has 0 unspecified atom stereocenters. The minimum Gasteiger partial charge on any atom is -0.497 e. The van der Waals surface area contributed by atoms with Gasteiger partial charge in [0.2, 0.25) is 21.8 Å². The highest BCUT2D eigenvalue weighted by molar-refractivity contribution is 7.92. The molecule has 0 spiro atoms. The van der Waals surface area contributed by atoms with Gasteiger partial charge in [-0.1, -0.05) is 36.8 Å². The Balaban J connectivity index is 2.18. The maximum absolute atomic E-state index is 13.4. The van der Waals surface area contributed by atoms with Crippen molar-refractivity contribution in [1.29, 1.82) is 0 Å². The highest BCUT2D eigenvalue weighted by Crippen LogP contribution is 2.20. The van der Waals surface area contributed by atoms with Gasteiger partial charge in [0, 0.05) is 25.6 Å². The molecule has 0 radical (unpaired) electrons. The van der Waals surface area contributed by atoms with Gasteiger partial charge >= 0.3 is 0 Å². The highest BCUT2D eigenvalue weighted by Gasteiger charge is 2.27. The van der Waals surface area contributed by atoms with Gasteiger partial charge in [0.25, 0.3) is 0 Å². The predicted molar refractivity (Wildman–Crippen MR) is 144 cm³/mol. The topological polar surface area (TPSA) is 96.0 Å². The summed E-state index contributed by atoms with van der Waals surface area (Å²) < 4.78 is 31.5. The Labute approximate surface area is 215 Å². The van der Waals surface area contributed by atoms with Crippen molar-refractivity contribution < 1.29 is 22.7 Å². The Hall–Kier alpha value is -3.07. The van der Waals surface area contributed by atoms with E-state index in [1.54, 1.807) is 31.1 Å². The number of nitrogens with one attached hydrogen (secondary N) is 1. The van der Waals surface area contributed by atoms with E-state index in [-0.39, 0.29) is 37.4 Å². The molecule has 2 aromatic rings. The van der Waals surface area contributed by atoms with Gasteiger partial charge in [-0.15, -0.1) is 0 Å². The fourth-order valence-electron chi connectivity index (χ4n) is 3.73. The largest absolute Gasteiger partial charge is 0.497 e. The minimum absolute atomic E-state index is 0.00782. The van der Waals surface area contributed by atoms with Gasteiger partial charge in [-0.3, -0.25) is 13.9 Å². The molecular formula is C27H39N3O5S. The molecule has 2 aromatic carbocycles. The van der Waals surface area contributed by atoms with Gasteiger partial charge in [-0.05, 0) is 63.4 Å². The number of amides is 2. The third-order valence-corrected chi connectivity index (χ3v) is 7.32. The average Bonchev–Trinajstić information content (AvgIpc) is 2.84. The lowest BCUT2D eigenvalue weighted by Gasteiger charge is -2.30. The molecule has 0 aliphatic heterocycles. The van der Waals surface area contributed by atoms with E-state index in [1.807, 2.05) is 57.2 Å². The lowest BCUT2D eigenvalue weighted by molar-refractivity contribution is -0.140. The molecule has 2 atom stereocenters. The van der Waals surface area contributed by atoms with Crippen LogP contribution in [-0.4, -0.2) is 57.1 Å². The van der Waals surface area contributed by atoms with E-state index in [1.165, 1.54) is 4.31 Å². The number of benzene rings is 2. The number of aryl methyl sites for hydroxylation is 1. The second-order valence-electron chi connectivity index (χ2n) is 9.14.